The zero-order valence-corrected chi connectivity index (χ0v) is 21.2. The first-order valence-electron chi connectivity index (χ1n) is 11.6. The molecule has 2 amide bonds. The molecule has 0 saturated carbocycles. The zero-order valence-electron chi connectivity index (χ0n) is 20.3. The van der Waals surface area contributed by atoms with Gasteiger partial charge in [-0.1, -0.05) is 18.2 Å². The van der Waals surface area contributed by atoms with Crippen LogP contribution in [0.15, 0.2) is 45.5 Å². The number of halogens is 1. The number of hydrogen-bond acceptors (Lipinski definition) is 9. The van der Waals surface area contributed by atoms with Gasteiger partial charge < -0.3 is 19.3 Å². The van der Waals surface area contributed by atoms with E-state index in [4.69, 9.17) is 14.0 Å². The third-order valence-electron chi connectivity index (χ3n) is 5.93. The minimum Gasteiger partial charge on any atom is -0.465 e. The number of carbonyl (C=O) groups excluding carboxylic acids is 3. The van der Waals surface area contributed by atoms with Crippen LogP contribution in [0, 0.1) is 11.7 Å². The van der Waals surface area contributed by atoms with E-state index in [1.165, 1.54) is 24.2 Å². The van der Waals surface area contributed by atoms with Gasteiger partial charge in [-0.2, -0.15) is 4.36 Å². The number of benzene rings is 1. The minimum absolute atomic E-state index is 0.00814. The molecule has 1 aromatic carbocycles. The van der Waals surface area contributed by atoms with Crippen LogP contribution in [0.4, 0.5) is 20.7 Å². The van der Waals surface area contributed by atoms with Crippen molar-refractivity contribution in [2.75, 3.05) is 41.4 Å². The van der Waals surface area contributed by atoms with Crippen molar-refractivity contribution >= 4 is 44.8 Å². The molecule has 1 aromatic heterocycles. The molecule has 0 radical (unpaired) electrons. The number of esters is 1. The maximum absolute atomic E-state index is 15.1. The normalized spacial score (nSPS) is 22.1. The molecule has 3 heterocycles. The Morgan fingerprint density at radius 3 is 2.84 bits per heavy atom. The van der Waals surface area contributed by atoms with E-state index in [9.17, 15) is 18.6 Å². The van der Waals surface area contributed by atoms with Gasteiger partial charge in [0, 0.05) is 24.3 Å². The Morgan fingerprint density at radius 1 is 1.38 bits per heavy atom. The molecule has 2 unspecified atom stereocenters. The van der Waals surface area contributed by atoms with Gasteiger partial charge in [-0.25, -0.2) is 13.4 Å². The molecule has 11 nitrogen and oxygen atoms in total. The van der Waals surface area contributed by atoms with Gasteiger partial charge in [-0.05, 0) is 30.2 Å². The maximum atomic E-state index is 15.1. The summed E-state index contributed by atoms with van der Waals surface area (Å²) in [7, 11) is -2.83. The van der Waals surface area contributed by atoms with E-state index in [2.05, 4.69) is 14.8 Å². The van der Waals surface area contributed by atoms with Crippen molar-refractivity contribution in [3.05, 3.63) is 48.0 Å². The second-order valence-electron chi connectivity index (χ2n) is 8.80. The standard InChI is InChI=1S/C24H27FN4O7S/c1-15(14-34-16(2)30)23(31)28-37(33)9-6-17(7-10-37)20-4-3-18(11-21(20)25)29-13-19(36-24(29)32)12-26-22-5-8-35-27-22/h3-6,8,11,15,19H,7,9-10,12-14H2,1-2H3,(H,26,27)/t15?,19-,37?/m0/s1. The largest absolute Gasteiger partial charge is 0.465 e. The van der Waals surface area contributed by atoms with Crippen LogP contribution < -0.4 is 10.2 Å². The lowest BCUT2D eigenvalue weighted by molar-refractivity contribution is -0.143. The monoisotopic (exact) mass is 534 g/mol. The van der Waals surface area contributed by atoms with E-state index in [0.717, 1.165) is 0 Å². The summed E-state index contributed by atoms with van der Waals surface area (Å²) in [6.45, 7) is 3.21. The highest BCUT2D eigenvalue weighted by Crippen LogP contribution is 2.30. The molecular formula is C24H27FN4O7S. The summed E-state index contributed by atoms with van der Waals surface area (Å²) in [5, 5.41) is 6.73. The Kier molecular flexibility index (Phi) is 7.91. The van der Waals surface area contributed by atoms with Crippen molar-refractivity contribution < 1.29 is 37.0 Å². The molecule has 13 heteroatoms. The van der Waals surface area contributed by atoms with E-state index < -0.39 is 45.5 Å². The van der Waals surface area contributed by atoms with Crippen molar-refractivity contribution in [2.45, 2.75) is 26.4 Å². The molecule has 2 aliphatic heterocycles. The van der Waals surface area contributed by atoms with E-state index in [1.807, 2.05) is 0 Å². The SMILES string of the molecule is CC(=O)OCC(C)C(=O)N=S1(=O)CC=C(c2ccc(N3C[C@H](CNc4ccon4)OC3=O)cc2F)CC1. The zero-order chi connectivity index (χ0) is 26.6. The first-order valence-corrected chi connectivity index (χ1v) is 13.5. The van der Waals surface area contributed by atoms with Crippen LogP contribution in [0.2, 0.25) is 0 Å². The van der Waals surface area contributed by atoms with E-state index in [0.29, 0.717) is 29.2 Å². The topological polar surface area (TPSA) is 140 Å². The average molecular weight is 535 g/mol. The molecule has 37 heavy (non-hydrogen) atoms. The van der Waals surface area contributed by atoms with Gasteiger partial charge in [-0.3, -0.25) is 14.5 Å². The molecule has 0 bridgehead atoms. The van der Waals surface area contributed by atoms with Gasteiger partial charge in [0.05, 0.1) is 40.2 Å². The molecule has 4 rings (SSSR count). The lowest BCUT2D eigenvalue weighted by Crippen LogP contribution is -2.27. The van der Waals surface area contributed by atoms with Gasteiger partial charge in [0.2, 0.25) is 0 Å². The molecule has 0 aliphatic carbocycles. The summed E-state index contributed by atoms with van der Waals surface area (Å²) >= 11 is 0. The maximum Gasteiger partial charge on any atom is 0.414 e. The lowest BCUT2D eigenvalue weighted by atomic mass is 10.0. The number of cyclic esters (lactones) is 1. The van der Waals surface area contributed by atoms with Gasteiger partial charge >= 0.3 is 12.1 Å². The van der Waals surface area contributed by atoms with E-state index in [1.54, 1.807) is 31.2 Å². The number of nitrogens with one attached hydrogen (secondary N) is 1. The van der Waals surface area contributed by atoms with Gasteiger partial charge in [0.25, 0.3) is 5.91 Å². The Balaban J connectivity index is 1.39. The quantitative estimate of drug-likeness (QED) is 0.505. The highest BCUT2D eigenvalue weighted by molar-refractivity contribution is 7.94. The Hall–Kier alpha value is -3.74. The Bertz CT molecular complexity index is 1330. The Labute approximate surface area is 213 Å². The summed E-state index contributed by atoms with van der Waals surface area (Å²) < 4.78 is 46.9. The minimum atomic E-state index is -2.83. The van der Waals surface area contributed by atoms with Crippen LogP contribution in [0.3, 0.4) is 0 Å². The summed E-state index contributed by atoms with van der Waals surface area (Å²) in [6, 6.07) is 6.10. The number of allylic oxidation sites excluding steroid dienone is 1. The molecule has 1 saturated heterocycles. The van der Waals surface area contributed by atoms with Crippen molar-refractivity contribution in [3.8, 4) is 0 Å². The van der Waals surface area contributed by atoms with Gasteiger partial charge in [-0.15, -0.1) is 0 Å². The molecular weight excluding hydrogens is 507 g/mol. The van der Waals surface area contributed by atoms with Crippen LogP contribution in [0.5, 0.6) is 0 Å². The van der Waals surface area contributed by atoms with Crippen molar-refractivity contribution in [1.82, 2.24) is 5.16 Å². The molecule has 0 spiro atoms. The van der Waals surface area contributed by atoms with Crippen LogP contribution >= 0.6 is 0 Å². The van der Waals surface area contributed by atoms with E-state index in [-0.39, 0.29) is 31.1 Å². The van der Waals surface area contributed by atoms with Crippen LogP contribution in [0.1, 0.15) is 25.8 Å². The molecule has 1 fully saturated rings. The van der Waals surface area contributed by atoms with Crippen molar-refractivity contribution in [1.29, 1.82) is 0 Å². The molecule has 2 aliphatic rings. The summed E-state index contributed by atoms with van der Waals surface area (Å²) in [6.07, 6.45) is 2.29. The fraction of sp³-hybridized carbons (Fsp3) is 0.417. The Morgan fingerprint density at radius 2 is 2.19 bits per heavy atom. The summed E-state index contributed by atoms with van der Waals surface area (Å²) in [5.41, 5.74) is 1.34. The number of amides is 2. The first kappa shape index (κ1) is 26.3. The number of rotatable bonds is 8. The fourth-order valence-electron chi connectivity index (χ4n) is 3.87. The predicted molar refractivity (Wildman–Crippen MR) is 133 cm³/mol. The second kappa shape index (κ2) is 11.1. The van der Waals surface area contributed by atoms with Crippen LogP contribution in [0.25, 0.3) is 5.57 Å². The summed E-state index contributed by atoms with van der Waals surface area (Å²) in [4.78, 5) is 36.9. The number of hydrogen-bond donors (Lipinski definition) is 1. The van der Waals surface area contributed by atoms with Crippen molar-refractivity contribution in [3.63, 3.8) is 0 Å². The summed E-state index contributed by atoms with van der Waals surface area (Å²) in [5.74, 6) is -1.71. The molecule has 198 valence electrons. The van der Waals surface area contributed by atoms with Gasteiger partial charge in [0.1, 0.15) is 24.8 Å². The van der Waals surface area contributed by atoms with Gasteiger partial charge in [0.15, 0.2) is 5.82 Å². The first-order chi connectivity index (χ1) is 17.6. The predicted octanol–water partition coefficient (Wildman–Crippen LogP) is 3.23. The number of nitrogens with zero attached hydrogens (tertiary/aromatic N) is 3. The average Bonchev–Trinajstić information content (AvgIpc) is 3.51. The van der Waals surface area contributed by atoms with Crippen molar-refractivity contribution in [2.24, 2.45) is 10.3 Å². The molecule has 3 atom stereocenters. The second-order valence-corrected chi connectivity index (χ2v) is 11.3. The number of ether oxygens (including phenoxy) is 2. The van der Waals surface area contributed by atoms with Crippen LogP contribution in [-0.4, -0.2) is 64.6 Å². The smallest absolute Gasteiger partial charge is 0.414 e. The third-order valence-corrected chi connectivity index (χ3v) is 7.97. The highest BCUT2D eigenvalue weighted by atomic mass is 32.2. The number of anilines is 2. The number of carbonyl (C=O) groups is 3. The highest BCUT2D eigenvalue weighted by Gasteiger charge is 2.33. The van der Waals surface area contributed by atoms with Crippen LogP contribution in [-0.2, 0) is 28.8 Å². The molecule has 1 N–H and O–H groups in total. The van der Waals surface area contributed by atoms with E-state index >= 15 is 4.39 Å². The molecule has 2 aromatic rings. The fourth-order valence-corrected chi connectivity index (χ4v) is 5.71. The third kappa shape index (κ3) is 6.53. The number of aromatic nitrogens is 1. The lowest BCUT2D eigenvalue weighted by Gasteiger charge is -2.19.